The lowest BCUT2D eigenvalue weighted by Gasteiger charge is -2.55. The van der Waals surface area contributed by atoms with Crippen molar-refractivity contribution in [1.29, 1.82) is 0 Å². The van der Waals surface area contributed by atoms with Gasteiger partial charge in [0.1, 0.15) is 0 Å². The third-order valence-corrected chi connectivity index (χ3v) is 6.20. The van der Waals surface area contributed by atoms with E-state index >= 15 is 0 Å². The minimum absolute atomic E-state index is 0.0926. The Morgan fingerprint density at radius 3 is 2.68 bits per heavy atom. The summed E-state index contributed by atoms with van der Waals surface area (Å²) in [6.07, 6.45) is 0.912. The molecule has 0 radical (unpaired) electrons. The first-order valence-corrected chi connectivity index (χ1v) is 9.06. The van der Waals surface area contributed by atoms with Crippen molar-refractivity contribution in [3.8, 4) is 0 Å². The van der Waals surface area contributed by atoms with Gasteiger partial charge in [-0.05, 0) is 36.0 Å². The molecular weight excluding hydrogens is 363 g/mol. The maximum Gasteiger partial charge on any atom is 0.253 e. The van der Waals surface area contributed by atoms with Crippen molar-refractivity contribution in [2.45, 2.75) is 20.3 Å². The summed E-state index contributed by atoms with van der Waals surface area (Å²) in [5.41, 5.74) is 0.200. The van der Waals surface area contributed by atoms with Gasteiger partial charge in [-0.1, -0.05) is 37.0 Å². The van der Waals surface area contributed by atoms with E-state index < -0.39 is 5.91 Å². The predicted molar refractivity (Wildman–Crippen MR) is 96.8 cm³/mol. The van der Waals surface area contributed by atoms with Gasteiger partial charge in [-0.25, -0.2) is 0 Å². The lowest BCUT2D eigenvalue weighted by molar-refractivity contribution is -0.129. The molecule has 2 fully saturated rings. The van der Waals surface area contributed by atoms with Crippen LogP contribution < -0.4 is 5.32 Å². The summed E-state index contributed by atoms with van der Waals surface area (Å²) in [5.74, 6) is -0.281. The van der Waals surface area contributed by atoms with Crippen molar-refractivity contribution >= 4 is 35.0 Å². The number of nitrogens with one attached hydrogen (secondary N) is 1. The van der Waals surface area contributed by atoms with Gasteiger partial charge in [0.25, 0.3) is 5.91 Å². The molecule has 0 aromatic heterocycles. The molecule has 1 saturated heterocycles. The maximum atomic E-state index is 12.5. The molecule has 0 spiro atoms. The number of fused-ring (bicyclic) bond motifs is 1. The zero-order valence-corrected chi connectivity index (χ0v) is 15.8. The summed E-state index contributed by atoms with van der Waals surface area (Å²) < 4.78 is 0. The molecule has 0 unspecified atom stereocenters. The second-order valence-electron chi connectivity index (χ2n) is 7.82. The Balaban J connectivity index is 1.60. The van der Waals surface area contributed by atoms with E-state index in [4.69, 9.17) is 23.2 Å². The van der Waals surface area contributed by atoms with E-state index in [-0.39, 0.29) is 40.5 Å². The number of likely N-dealkylation sites (tertiary alicyclic amines) is 1. The molecule has 0 bridgehead atoms. The lowest BCUT2D eigenvalue weighted by Crippen LogP contribution is -2.54. The fourth-order valence-corrected chi connectivity index (χ4v) is 4.94. The molecular formula is C18H22Cl2N2O3. The molecule has 25 heavy (non-hydrogen) atoms. The number of nitrogens with zero attached hydrogens (tertiary/aromatic N) is 1. The Labute approximate surface area is 157 Å². The van der Waals surface area contributed by atoms with Crippen molar-refractivity contribution in [3.05, 3.63) is 33.8 Å². The highest BCUT2D eigenvalue weighted by atomic mass is 35.5. The average molecular weight is 385 g/mol. The number of benzene rings is 1. The second-order valence-corrected chi connectivity index (χ2v) is 8.66. The standard InChI is InChI=1S/C18H22Cl2N2O3/c1-17(2)8-18(10-23)9-22(7-14(17)18)15(24)6-21-16(25)12-5-11(19)3-4-13(12)20/h3-5,14,23H,6-10H2,1-2H3,(H,21,25)/t14-,18-/m1/s1. The van der Waals surface area contributed by atoms with Crippen molar-refractivity contribution in [3.63, 3.8) is 0 Å². The van der Waals surface area contributed by atoms with Crippen molar-refractivity contribution in [1.82, 2.24) is 10.2 Å². The van der Waals surface area contributed by atoms with E-state index in [9.17, 15) is 14.7 Å². The number of hydrogen-bond donors (Lipinski definition) is 2. The van der Waals surface area contributed by atoms with Gasteiger partial charge < -0.3 is 15.3 Å². The van der Waals surface area contributed by atoms with Crippen LogP contribution in [0, 0.1) is 16.7 Å². The molecule has 5 nitrogen and oxygen atoms in total. The van der Waals surface area contributed by atoms with Gasteiger partial charge in [-0.2, -0.15) is 0 Å². The van der Waals surface area contributed by atoms with E-state index in [1.54, 1.807) is 17.0 Å². The fourth-order valence-electron chi connectivity index (χ4n) is 4.56. The highest BCUT2D eigenvalue weighted by molar-refractivity contribution is 6.35. The quantitative estimate of drug-likeness (QED) is 0.837. The summed E-state index contributed by atoms with van der Waals surface area (Å²) in [6, 6.07) is 4.62. The van der Waals surface area contributed by atoms with Gasteiger partial charge >= 0.3 is 0 Å². The van der Waals surface area contributed by atoms with Crippen molar-refractivity contribution in [2.24, 2.45) is 16.7 Å². The van der Waals surface area contributed by atoms with Crippen molar-refractivity contribution in [2.75, 3.05) is 26.2 Å². The van der Waals surface area contributed by atoms with E-state index in [2.05, 4.69) is 19.2 Å². The average Bonchev–Trinajstić information content (AvgIpc) is 2.90. The summed E-state index contributed by atoms with van der Waals surface area (Å²) in [4.78, 5) is 26.5. The zero-order chi connectivity index (χ0) is 18.4. The van der Waals surface area contributed by atoms with Gasteiger partial charge in [0.15, 0.2) is 0 Å². The Bertz CT molecular complexity index is 722. The normalized spacial score (nSPS) is 26.8. The Hall–Kier alpha value is -1.30. The molecule has 136 valence electrons. The maximum absolute atomic E-state index is 12.5. The number of aliphatic hydroxyl groups is 1. The number of rotatable bonds is 4. The van der Waals surface area contributed by atoms with E-state index in [0.29, 0.717) is 24.0 Å². The summed E-state index contributed by atoms with van der Waals surface area (Å²) in [7, 11) is 0. The van der Waals surface area contributed by atoms with Gasteiger partial charge in [-0.15, -0.1) is 0 Å². The number of amides is 2. The van der Waals surface area contributed by atoms with Gasteiger partial charge in [-0.3, -0.25) is 9.59 Å². The molecule has 7 heteroatoms. The van der Waals surface area contributed by atoms with Crippen LogP contribution >= 0.6 is 23.2 Å². The summed E-state index contributed by atoms with van der Waals surface area (Å²) >= 11 is 11.9. The van der Waals surface area contributed by atoms with Gasteiger partial charge in [0.05, 0.1) is 23.7 Å². The summed E-state index contributed by atoms with van der Waals surface area (Å²) in [6.45, 7) is 5.50. The number of aliphatic hydroxyl groups excluding tert-OH is 1. The number of halogens is 2. The van der Waals surface area contributed by atoms with Crippen molar-refractivity contribution < 1.29 is 14.7 Å². The minimum atomic E-state index is -0.430. The predicted octanol–water partition coefficient (Wildman–Crippen LogP) is 2.59. The highest BCUT2D eigenvalue weighted by Crippen LogP contribution is 2.62. The van der Waals surface area contributed by atoms with E-state index in [1.165, 1.54) is 6.07 Å². The molecule has 2 atom stereocenters. The SMILES string of the molecule is CC1(C)C[C@]2(CO)CN(C(=O)CNC(=O)c3cc(Cl)ccc3Cl)C[C@H]12. The monoisotopic (exact) mass is 384 g/mol. The number of carbonyl (C=O) groups is 2. The third kappa shape index (κ3) is 3.25. The summed E-state index contributed by atoms with van der Waals surface area (Å²) in [5, 5.41) is 13.1. The van der Waals surface area contributed by atoms with Crippen LogP contribution in [-0.2, 0) is 4.79 Å². The Kier molecular flexibility index (Phi) is 4.77. The number of carbonyl (C=O) groups excluding carboxylic acids is 2. The van der Waals surface area contributed by atoms with Gasteiger partial charge in [0, 0.05) is 23.5 Å². The Morgan fingerprint density at radius 1 is 1.36 bits per heavy atom. The number of hydrogen-bond acceptors (Lipinski definition) is 3. The van der Waals surface area contributed by atoms with Crippen LogP contribution in [0.1, 0.15) is 30.6 Å². The van der Waals surface area contributed by atoms with Crippen LogP contribution in [0.15, 0.2) is 18.2 Å². The zero-order valence-electron chi connectivity index (χ0n) is 14.3. The molecule has 1 heterocycles. The van der Waals surface area contributed by atoms with Crippen LogP contribution in [0.4, 0.5) is 0 Å². The molecule has 1 aliphatic heterocycles. The van der Waals surface area contributed by atoms with Crippen LogP contribution in [0.5, 0.6) is 0 Å². The molecule has 1 aliphatic carbocycles. The molecule has 1 aromatic rings. The van der Waals surface area contributed by atoms with Gasteiger partial charge in [0.2, 0.25) is 5.91 Å². The first kappa shape index (κ1) is 18.5. The third-order valence-electron chi connectivity index (χ3n) is 5.64. The smallest absolute Gasteiger partial charge is 0.253 e. The topological polar surface area (TPSA) is 69.6 Å². The fraction of sp³-hybridized carbons (Fsp3) is 0.556. The first-order valence-electron chi connectivity index (χ1n) is 8.30. The molecule has 1 aromatic carbocycles. The van der Waals surface area contributed by atoms with Crippen LogP contribution in [0.3, 0.4) is 0 Å². The van der Waals surface area contributed by atoms with Crippen LogP contribution in [0.25, 0.3) is 0 Å². The van der Waals surface area contributed by atoms with Crippen LogP contribution in [0.2, 0.25) is 10.0 Å². The largest absolute Gasteiger partial charge is 0.396 e. The van der Waals surface area contributed by atoms with Crippen LogP contribution in [-0.4, -0.2) is 48.1 Å². The van der Waals surface area contributed by atoms with E-state index in [1.807, 2.05) is 0 Å². The highest BCUT2D eigenvalue weighted by Gasteiger charge is 2.62. The molecule has 2 N–H and O–H groups in total. The molecule has 1 saturated carbocycles. The Morgan fingerprint density at radius 2 is 2.08 bits per heavy atom. The minimum Gasteiger partial charge on any atom is -0.396 e. The molecule has 2 aliphatic rings. The molecule has 3 rings (SSSR count). The van der Waals surface area contributed by atoms with E-state index in [0.717, 1.165) is 6.42 Å². The molecule has 2 amide bonds. The second kappa shape index (κ2) is 6.45. The first-order chi connectivity index (χ1) is 11.7. The lowest BCUT2D eigenvalue weighted by atomic mass is 9.48.